The summed E-state index contributed by atoms with van der Waals surface area (Å²) >= 11 is 0. The Kier molecular flexibility index (Phi) is 4.80. The summed E-state index contributed by atoms with van der Waals surface area (Å²) in [6.07, 6.45) is 4.18. The van der Waals surface area contributed by atoms with Crippen LogP contribution in [0.15, 0.2) is 60.8 Å². The van der Waals surface area contributed by atoms with Crippen LogP contribution in [0.3, 0.4) is 0 Å². The van der Waals surface area contributed by atoms with Gasteiger partial charge < -0.3 is 9.47 Å². The SMILES string of the molecule is Cc1cc(-c2ccc(CN3CCC[C@@H]3c3ccc4c(c3)OCCO4)cc2)n2nccc2n1. The highest BCUT2D eigenvalue weighted by Gasteiger charge is 2.27. The second kappa shape index (κ2) is 7.95. The van der Waals surface area contributed by atoms with Crippen molar-refractivity contribution in [2.75, 3.05) is 19.8 Å². The minimum atomic E-state index is 0.414. The third-order valence-corrected chi connectivity index (χ3v) is 6.44. The molecule has 2 aliphatic rings. The van der Waals surface area contributed by atoms with E-state index in [-0.39, 0.29) is 0 Å². The van der Waals surface area contributed by atoms with Crippen LogP contribution in [0.4, 0.5) is 0 Å². The van der Waals surface area contributed by atoms with Crippen LogP contribution in [0, 0.1) is 6.92 Å². The first-order chi connectivity index (χ1) is 15.7. The molecule has 0 saturated carbocycles. The Morgan fingerprint density at radius 2 is 1.81 bits per heavy atom. The van der Waals surface area contributed by atoms with Gasteiger partial charge in [0.1, 0.15) is 13.2 Å². The van der Waals surface area contributed by atoms with Crippen LogP contribution in [0.25, 0.3) is 16.9 Å². The van der Waals surface area contributed by atoms with Crippen molar-refractivity contribution < 1.29 is 9.47 Å². The van der Waals surface area contributed by atoms with Gasteiger partial charge in [-0.25, -0.2) is 9.50 Å². The molecule has 2 aliphatic heterocycles. The monoisotopic (exact) mass is 426 g/mol. The van der Waals surface area contributed by atoms with Gasteiger partial charge in [0.15, 0.2) is 17.1 Å². The smallest absolute Gasteiger partial charge is 0.161 e. The zero-order valence-corrected chi connectivity index (χ0v) is 18.2. The number of nitrogens with zero attached hydrogens (tertiary/aromatic N) is 4. The summed E-state index contributed by atoms with van der Waals surface area (Å²) in [7, 11) is 0. The van der Waals surface area contributed by atoms with E-state index in [1.165, 1.54) is 24.0 Å². The molecule has 1 fully saturated rings. The van der Waals surface area contributed by atoms with Crippen LogP contribution in [-0.4, -0.2) is 39.3 Å². The molecule has 4 aromatic rings. The fourth-order valence-corrected chi connectivity index (χ4v) is 4.92. The molecule has 2 aromatic heterocycles. The summed E-state index contributed by atoms with van der Waals surface area (Å²) in [6.45, 7) is 5.32. The van der Waals surface area contributed by atoms with E-state index in [1.807, 2.05) is 17.5 Å². The fourth-order valence-electron chi connectivity index (χ4n) is 4.92. The van der Waals surface area contributed by atoms with Crippen LogP contribution < -0.4 is 9.47 Å². The number of ether oxygens (including phenoxy) is 2. The fraction of sp³-hybridized carbons (Fsp3) is 0.308. The van der Waals surface area contributed by atoms with Gasteiger partial charge in [-0.1, -0.05) is 30.3 Å². The lowest BCUT2D eigenvalue weighted by Gasteiger charge is -2.26. The Morgan fingerprint density at radius 3 is 2.69 bits per heavy atom. The summed E-state index contributed by atoms with van der Waals surface area (Å²) in [5.74, 6) is 1.74. The maximum Gasteiger partial charge on any atom is 0.161 e. The second-order valence-electron chi connectivity index (χ2n) is 8.61. The molecular weight excluding hydrogens is 400 g/mol. The van der Waals surface area contributed by atoms with Gasteiger partial charge in [-0.15, -0.1) is 0 Å². The molecule has 0 radical (unpaired) electrons. The number of aryl methyl sites for hydroxylation is 1. The minimum absolute atomic E-state index is 0.414. The van der Waals surface area contributed by atoms with Gasteiger partial charge in [-0.3, -0.25) is 4.90 Å². The molecule has 6 heteroatoms. The van der Waals surface area contributed by atoms with Crippen LogP contribution in [-0.2, 0) is 6.54 Å². The zero-order valence-electron chi connectivity index (χ0n) is 18.2. The Hall–Kier alpha value is -3.38. The van der Waals surface area contributed by atoms with E-state index in [0.29, 0.717) is 19.3 Å². The maximum absolute atomic E-state index is 5.81. The molecule has 0 bridgehead atoms. The number of rotatable bonds is 4. The summed E-state index contributed by atoms with van der Waals surface area (Å²) < 4.78 is 13.4. The van der Waals surface area contributed by atoms with Crippen LogP contribution in [0.1, 0.15) is 35.7 Å². The largest absolute Gasteiger partial charge is 0.486 e. The lowest BCUT2D eigenvalue weighted by molar-refractivity contribution is 0.170. The van der Waals surface area contributed by atoms with Gasteiger partial charge in [0.05, 0.1) is 11.9 Å². The predicted octanol–water partition coefficient (Wildman–Crippen LogP) is 4.81. The molecule has 0 N–H and O–H groups in total. The van der Waals surface area contributed by atoms with Crippen molar-refractivity contribution in [3.63, 3.8) is 0 Å². The molecule has 2 aromatic carbocycles. The molecule has 32 heavy (non-hydrogen) atoms. The van der Waals surface area contributed by atoms with Gasteiger partial charge in [-0.05, 0) is 55.6 Å². The Balaban J connectivity index is 1.23. The molecule has 6 rings (SSSR count). The Labute approximate surface area is 187 Å². The number of fused-ring (bicyclic) bond motifs is 2. The summed E-state index contributed by atoms with van der Waals surface area (Å²) in [6, 6.07) is 19.7. The van der Waals surface area contributed by atoms with E-state index >= 15 is 0 Å². The highest BCUT2D eigenvalue weighted by molar-refractivity contribution is 5.63. The molecule has 0 aliphatic carbocycles. The van der Waals surface area contributed by atoms with Gasteiger partial charge in [0, 0.05) is 29.9 Å². The molecule has 0 unspecified atom stereocenters. The molecule has 4 heterocycles. The third-order valence-electron chi connectivity index (χ3n) is 6.44. The van der Waals surface area contributed by atoms with Crippen molar-refractivity contribution in [1.82, 2.24) is 19.5 Å². The van der Waals surface area contributed by atoms with Crippen LogP contribution in [0.5, 0.6) is 11.5 Å². The van der Waals surface area contributed by atoms with Crippen molar-refractivity contribution in [2.24, 2.45) is 0 Å². The molecule has 6 nitrogen and oxygen atoms in total. The summed E-state index contributed by atoms with van der Waals surface area (Å²) in [5.41, 5.74) is 6.73. The van der Waals surface area contributed by atoms with E-state index in [1.54, 1.807) is 6.20 Å². The summed E-state index contributed by atoms with van der Waals surface area (Å²) in [4.78, 5) is 7.12. The van der Waals surface area contributed by atoms with E-state index in [0.717, 1.165) is 47.2 Å². The molecule has 0 spiro atoms. The first kappa shape index (κ1) is 19.3. The average Bonchev–Trinajstić information content (AvgIpc) is 3.48. The Bertz CT molecular complexity index is 1260. The van der Waals surface area contributed by atoms with E-state index in [2.05, 4.69) is 63.5 Å². The normalized spacial score (nSPS) is 18.3. The Morgan fingerprint density at radius 1 is 0.969 bits per heavy atom. The lowest BCUT2D eigenvalue weighted by Crippen LogP contribution is -2.23. The molecule has 0 amide bonds. The van der Waals surface area contributed by atoms with Crippen molar-refractivity contribution in [3.05, 3.63) is 77.6 Å². The quantitative estimate of drug-likeness (QED) is 0.469. The lowest BCUT2D eigenvalue weighted by atomic mass is 10.0. The first-order valence-corrected chi connectivity index (χ1v) is 11.3. The number of aromatic nitrogens is 3. The van der Waals surface area contributed by atoms with Gasteiger partial charge in [0.25, 0.3) is 0 Å². The standard InChI is InChI=1S/C26H26N4O2/c1-18-15-23(30-26(28-18)10-11-27-30)20-6-4-19(5-7-20)17-29-12-2-3-22(29)21-8-9-24-25(16-21)32-14-13-31-24/h4-11,15-16,22H,2-3,12-14,17H2,1H3/t22-/m1/s1. The van der Waals surface area contributed by atoms with Crippen molar-refractivity contribution in [1.29, 1.82) is 0 Å². The van der Waals surface area contributed by atoms with Gasteiger partial charge in [-0.2, -0.15) is 5.10 Å². The van der Waals surface area contributed by atoms with E-state index in [9.17, 15) is 0 Å². The summed E-state index contributed by atoms with van der Waals surface area (Å²) in [5, 5.41) is 4.44. The molecule has 162 valence electrons. The average molecular weight is 427 g/mol. The highest BCUT2D eigenvalue weighted by atomic mass is 16.6. The van der Waals surface area contributed by atoms with Crippen LogP contribution >= 0.6 is 0 Å². The third kappa shape index (κ3) is 3.50. The minimum Gasteiger partial charge on any atom is -0.486 e. The topological polar surface area (TPSA) is 51.9 Å². The zero-order chi connectivity index (χ0) is 21.5. The van der Waals surface area contributed by atoms with Crippen LogP contribution in [0.2, 0.25) is 0 Å². The number of likely N-dealkylation sites (tertiary alicyclic amines) is 1. The van der Waals surface area contributed by atoms with Gasteiger partial charge in [0.2, 0.25) is 0 Å². The second-order valence-corrected chi connectivity index (χ2v) is 8.61. The molecular formula is C26H26N4O2. The number of benzene rings is 2. The van der Waals surface area contributed by atoms with E-state index in [4.69, 9.17) is 9.47 Å². The highest BCUT2D eigenvalue weighted by Crippen LogP contribution is 2.38. The van der Waals surface area contributed by atoms with Crippen molar-refractivity contribution >= 4 is 5.65 Å². The van der Waals surface area contributed by atoms with E-state index < -0.39 is 0 Å². The number of hydrogen-bond acceptors (Lipinski definition) is 5. The predicted molar refractivity (Wildman–Crippen MR) is 123 cm³/mol. The van der Waals surface area contributed by atoms with Crippen molar-refractivity contribution in [3.8, 4) is 22.8 Å². The molecule has 1 atom stereocenters. The number of hydrogen-bond donors (Lipinski definition) is 0. The molecule has 1 saturated heterocycles. The van der Waals surface area contributed by atoms with Crippen molar-refractivity contribution in [2.45, 2.75) is 32.4 Å². The van der Waals surface area contributed by atoms with Gasteiger partial charge >= 0.3 is 0 Å². The maximum atomic E-state index is 5.81. The first-order valence-electron chi connectivity index (χ1n) is 11.3.